The van der Waals surface area contributed by atoms with Crippen molar-refractivity contribution in [3.8, 4) is 0 Å². The molecule has 0 radical (unpaired) electrons. The van der Waals surface area contributed by atoms with Gasteiger partial charge in [-0.15, -0.1) is 0 Å². The van der Waals surface area contributed by atoms with Crippen LogP contribution in [0, 0.1) is 0 Å². The summed E-state index contributed by atoms with van der Waals surface area (Å²) in [7, 11) is -1.81. The normalized spacial score (nSPS) is 11.3. The van der Waals surface area contributed by atoms with E-state index in [-0.39, 0.29) is 6.54 Å². The van der Waals surface area contributed by atoms with Crippen LogP contribution in [0.2, 0.25) is 5.02 Å². The van der Waals surface area contributed by atoms with Crippen molar-refractivity contribution in [3.05, 3.63) is 28.8 Å². The first-order valence-corrected chi connectivity index (χ1v) is 7.58. The molecule has 0 spiro atoms. The zero-order valence-corrected chi connectivity index (χ0v) is 11.8. The lowest BCUT2D eigenvalue weighted by Crippen LogP contribution is -2.31. The summed E-state index contributed by atoms with van der Waals surface area (Å²) in [5.41, 5.74) is 6.84. The van der Waals surface area contributed by atoms with E-state index in [1.807, 2.05) is 0 Å². The van der Waals surface area contributed by atoms with Crippen molar-refractivity contribution in [3.63, 3.8) is 0 Å². The van der Waals surface area contributed by atoms with E-state index in [1.165, 1.54) is 11.9 Å². The highest BCUT2D eigenvalue weighted by atomic mass is 35.5. The molecule has 0 bridgehead atoms. The third kappa shape index (κ3) is 4.54. The molecule has 1 aromatic carbocycles. The molecule has 100 valence electrons. The van der Waals surface area contributed by atoms with Crippen LogP contribution >= 0.6 is 11.6 Å². The molecule has 0 aliphatic rings. The van der Waals surface area contributed by atoms with Gasteiger partial charge in [0.05, 0.1) is 0 Å². The molecule has 2 N–H and O–H groups in total. The van der Waals surface area contributed by atoms with Crippen LogP contribution < -0.4 is 5.73 Å². The maximum absolute atomic E-state index is 11.6. The zero-order valence-electron chi connectivity index (χ0n) is 10.2. The van der Waals surface area contributed by atoms with Gasteiger partial charge in [0, 0.05) is 30.6 Å². The molecule has 0 saturated carbocycles. The molecule has 7 heteroatoms. The van der Waals surface area contributed by atoms with Crippen LogP contribution in [0.5, 0.6) is 0 Å². The molecular formula is C11H15ClN2O3S. The number of benzene rings is 1. The van der Waals surface area contributed by atoms with Crippen molar-refractivity contribution >= 4 is 33.0 Å². The predicted octanol–water partition coefficient (Wildman–Crippen LogP) is 0.925. The van der Waals surface area contributed by atoms with Gasteiger partial charge in [-0.05, 0) is 23.8 Å². The van der Waals surface area contributed by atoms with Gasteiger partial charge in [-0.3, -0.25) is 4.79 Å². The van der Waals surface area contributed by atoms with Crippen molar-refractivity contribution in [2.24, 2.45) is 0 Å². The Bertz CT molecular complexity index is 557. The number of nitrogens with zero attached hydrogens (tertiary/aromatic N) is 1. The molecule has 1 amide bonds. The molecule has 5 nitrogen and oxygen atoms in total. The molecule has 0 fully saturated rings. The summed E-state index contributed by atoms with van der Waals surface area (Å²) in [6.07, 6.45) is 1.02. The first-order valence-electron chi connectivity index (χ1n) is 5.14. The van der Waals surface area contributed by atoms with Crippen molar-refractivity contribution in [2.45, 2.75) is 6.54 Å². The van der Waals surface area contributed by atoms with Crippen LogP contribution in [0.1, 0.15) is 5.56 Å². The lowest BCUT2D eigenvalue weighted by atomic mass is 10.2. The molecule has 1 aromatic rings. The number of sulfone groups is 1. The van der Waals surface area contributed by atoms with Crippen LogP contribution in [-0.2, 0) is 21.2 Å². The molecule has 18 heavy (non-hydrogen) atoms. The predicted molar refractivity (Wildman–Crippen MR) is 72.0 cm³/mol. The highest BCUT2D eigenvalue weighted by Gasteiger charge is 2.16. The first-order chi connectivity index (χ1) is 8.19. The van der Waals surface area contributed by atoms with Crippen LogP contribution in [0.4, 0.5) is 5.69 Å². The van der Waals surface area contributed by atoms with E-state index in [0.717, 1.165) is 6.26 Å². The molecule has 0 aromatic heterocycles. The SMILES string of the molecule is CN(Cc1cc(N)ccc1Cl)C(=O)CS(C)(=O)=O. The second kappa shape index (κ2) is 5.58. The van der Waals surface area contributed by atoms with Crippen molar-refractivity contribution in [1.29, 1.82) is 0 Å². The van der Waals surface area contributed by atoms with E-state index in [1.54, 1.807) is 18.2 Å². The van der Waals surface area contributed by atoms with Gasteiger partial charge < -0.3 is 10.6 Å². The van der Waals surface area contributed by atoms with E-state index < -0.39 is 21.5 Å². The van der Waals surface area contributed by atoms with Gasteiger partial charge in [0.25, 0.3) is 0 Å². The Morgan fingerprint density at radius 3 is 2.61 bits per heavy atom. The smallest absolute Gasteiger partial charge is 0.237 e. The van der Waals surface area contributed by atoms with Gasteiger partial charge in [-0.25, -0.2) is 8.42 Å². The van der Waals surface area contributed by atoms with Crippen molar-refractivity contribution < 1.29 is 13.2 Å². The van der Waals surface area contributed by atoms with Gasteiger partial charge in [-0.1, -0.05) is 11.6 Å². The van der Waals surface area contributed by atoms with Crippen LogP contribution in [0.15, 0.2) is 18.2 Å². The Labute approximate surface area is 111 Å². The maximum atomic E-state index is 11.6. The molecule has 0 aliphatic carbocycles. The molecule has 0 atom stereocenters. The molecule has 0 heterocycles. The Hall–Kier alpha value is -1.27. The standard InChI is InChI=1S/C11H15ClN2O3S/c1-14(11(15)7-18(2,16)17)6-8-5-9(13)3-4-10(8)12/h3-5H,6-7,13H2,1-2H3. The van der Waals surface area contributed by atoms with Gasteiger partial charge in [0.15, 0.2) is 9.84 Å². The molecular weight excluding hydrogens is 276 g/mol. The van der Waals surface area contributed by atoms with Crippen LogP contribution in [-0.4, -0.2) is 38.3 Å². The lowest BCUT2D eigenvalue weighted by molar-refractivity contribution is -0.127. The van der Waals surface area contributed by atoms with Gasteiger partial charge in [-0.2, -0.15) is 0 Å². The Kier molecular flexibility index (Phi) is 4.59. The summed E-state index contributed by atoms with van der Waals surface area (Å²) in [5, 5.41) is 0.489. The number of anilines is 1. The monoisotopic (exact) mass is 290 g/mol. The average Bonchev–Trinajstić information content (AvgIpc) is 2.21. The number of carbonyl (C=O) groups excluding carboxylic acids is 1. The van der Waals surface area contributed by atoms with Crippen LogP contribution in [0.3, 0.4) is 0 Å². The lowest BCUT2D eigenvalue weighted by Gasteiger charge is -2.17. The summed E-state index contributed by atoms with van der Waals surface area (Å²) >= 11 is 5.97. The second-order valence-corrected chi connectivity index (χ2v) is 6.72. The fourth-order valence-corrected chi connectivity index (χ4v) is 2.24. The van der Waals surface area contributed by atoms with Gasteiger partial charge >= 0.3 is 0 Å². The molecule has 0 aliphatic heterocycles. The average molecular weight is 291 g/mol. The molecule has 0 saturated heterocycles. The van der Waals surface area contributed by atoms with Crippen LogP contribution in [0.25, 0.3) is 0 Å². The highest BCUT2D eigenvalue weighted by Crippen LogP contribution is 2.20. The van der Waals surface area contributed by atoms with E-state index in [4.69, 9.17) is 17.3 Å². The van der Waals surface area contributed by atoms with Crippen molar-refractivity contribution in [1.82, 2.24) is 4.90 Å². The number of halogens is 1. The zero-order chi connectivity index (χ0) is 13.9. The van der Waals surface area contributed by atoms with E-state index >= 15 is 0 Å². The third-order valence-electron chi connectivity index (χ3n) is 2.29. The van der Waals surface area contributed by atoms with Gasteiger partial charge in [0.1, 0.15) is 5.75 Å². The largest absolute Gasteiger partial charge is 0.399 e. The third-order valence-corrected chi connectivity index (χ3v) is 3.43. The van der Waals surface area contributed by atoms with Crippen molar-refractivity contribution in [2.75, 3.05) is 24.8 Å². The minimum Gasteiger partial charge on any atom is -0.399 e. The summed E-state index contributed by atoms with van der Waals surface area (Å²) in [4.78, 5) is 12.9. The summed E-state index contributed by atoms with van der Waals surface area (Å²) < 4.78 is 22.1. The number of nitrogens with two attached hydrogens (primary N) is 1. The first kappa shape index (κ1) is 14.8. The quantitative estimate of drug-likeness (QED) is 0.836. The fraction of sp³-hybridized carbons (Fsp3) is 0.364. The minimum atomic E-state index is -3.33. The number of amides is 1. The number of nitrogen functional groups attached to an aromatic ring is 1. The topological polar surface area (TPSA) is 80.5 Å². The number of hydrogen-bond donors (Lipinski definition) is 1. The molecule has 0 unspecified atom stereocenters. The maximum Gasteiger partial charge on any atom is 0.237 e. The number of hydrogen-bond acceptors (Lipinski definition) is 4. The van der Waals surface area contributed by atoms with E-state index in [9.17, 15) is 13.2 Å². The Morgan fingerprint density at radius 1 is 1.44 bits per heavy atom. The summed E-state index contributed by atoms with van der Waals surface area (Å²) in [6, 6.07) is 4.96. The number of rotatable bonds is 4. The Morgan fingerprint density at radius 2 is 2.06 bits per heavy atom. The number of carbonyl (C=O) groups is 1. The Balaban J connectivity index is 2.78. The molecule has 1 rings (SSSR count). The summed E-state index contributed by atoms with van der Waals surface area (Å²) in [6.45, 7) is 0.220. The second-order valence-electron chi connectivity index (χ2n) is 4.17. The fourth-order valence-electron chi connectivity index (χ4n) is 1.39. The van der Waals surface area contributed by atoms with E-state index in [2.05, 4.69) is 0 Å². The summed E-state index contributed by atoms with van der Waals surface area (Å²) in [5.74, 6) is -0.986. The highest BCUT2D eigenvalue weighted by molar-refractivity contribution is 7.91. The van der Waals surface area contributed by atoms with E-state index in [0.29, 0.717) is 16.3 Å². The minimum absolute atomic E-state index is 0.220. The van der Waals surface area contributed by atoms with Gasteiger partial charge in [0.2, 0.25) is 5.91 Å².